The minimum atomic E-state index is -0.176. The Morgan fingerprint density at radius 1 is 1.38 bits per heavy atom. The molecule has 0 bridgehead atoms. The molecule has 0 saturated carbocycles. The van der Waals surface area contributed by atoms with Gasteiger partial charge in [-0.25, -0.2) is 0 Å². The second-order valence-corrected chi connectivity index (χ2v) is 4.89. The molecule has 0 spiro atoms. The average molecular weight is 216 g/mol. The van der Waals surface area contributed by atoms with Crippen molar-refractivity contribution in [3.63, 3.8) is 0 Å². The molecule has 0 aliphatic heterocycles. The second kappa shape index (κ2) is 4.82. The maximum Gasteiger partial charge on any atom is 0.130 e. The van der Waals surface area contributed by atoms with Crippen molar-refractivity contribution in [2.45, 2.75) is 50.9 Å². The van der Waals surface area contributed by atoms with Crippen LogP contribution < -0.4 is 0 Å². The van der Waals surface area contributed by atoms with Crippen molar-refractivity contribution in [3.05, 3.63) is 35.4 Å². The van der Waals surface area contributed by atoms with Gasteiger partial charge < -0.3 is 4.79 Å². The fourth-order valence-corrected chi connectivity index (χ4v) is 2.89. The van der Waals surface area contributed by atoms with Crippen LogP contribution in [0, 0.1) is 0 Å². The molecule has 1 nitrogen and oxygen atoms in total. The molecule has 0 heterocycles. The van der Waals surface area contributed by atoms with Crippen LogP contribution >= 0.6 is 0 Å². The predicted molar refractivity (Wildman–Crippen MR) is 66.6 cm³/mol. The Morgan fingerprint density at radius 2 is 2.19 bits per heavy atom. The molecular weight excluding hydrogens is 196 g/mol. The zero-order valence-corrected chi connectivity index (χ0v) is 10.0. The molecule has 16 heavy (non-hydrogen) atoms. The van der Waals surface area contributed by atoms with Crippen LogP contribution in [-0.2, 0) is 16.6 Å². The minimum absolute atomic E-state index is 0.176. The van der Waals surface area contributed by atoms with Crippen LogP contribution in [0.4, 0.5) is 0 Å². The van der Waals surface area contributed by atoms with E-state index in [2.05, 4.69) is 31.2 Å². The summed E-state index contributed by atoms with van der Waals surface area (Å²) in [5, 5.41) is 0. The van der Waals surface area contributed by atoms with Crippen LogP contribution in [-0.4, -0.2) is 6.29 Å². The maximum absolute atomic E-state index is 11.6. The Balaban J connectivity index is 2.36. The van der Waals surface area contributed by atoms with E-state index in [1.807, 2.05) is 0 Å². The van der Waals surface area contributed by atoms with Crippen molar-refractivity contribution < 1.29 is 4.79 Å². The Bertz CT molecular complexity index is 369. The SMILES string of the molecule is CCCCC1(C=O)CCCc2ccccc21. The fourth-order valence-electron chi connectivity index (χ4n) is 2.89. The lowest BCUT2D eigenvalue weighted by atomic mass is 9.68. The molecular formula is C15H20O. The third kappa shape index (κ3) is 1.91. The quantitative estimate of drug-likeness (QED) is 0.702. The third-order valence-electron chi connectivity index (χ3n) is 3.82. The number of hydrogen-bond donors (Lipinski definition) is 0. The molecule has 1 unspecified atom stereocenters. The smallest absolute Gasteiger partial charge is 0.130 e. The summed E-state index contributed by atoms with van der Waals surface area (Å²) < 4.78 is 0. The molecule has 1 heteroatoms. The van der Waals surface area contributed by atoms with Crippen LogP contribution in [0.25, 0.3) is 0 Å². The summed E-state index contributed by atoms with van der Waals surface area (Å²) >= 11 is 0. The topological polar surface area (TPSA) is 17.1 Å². The first-order valence-corrected chi connectivity index (χ1v) is 6.37. The van der Waals surface area contributed by atoms with Gasteiger partial charge in [0, 0.05) is 0 Å². The van der Waals surface area contributed by atoms with Gasteiger partial charge >= 0.3 is 0 Å². The highest BCUT2D eigenvalue weighted by atomic mass is 16.1. The number of rotatable bonds is 4. The number of benzene rings is 1. The second-order valence-electron chi connectivity index (χ2n) is 4.89. The predicted octanol–water partition coefficient (Wildman–Crippen LogP) is 3.65. The molecule has 0 fully saturated rings. The Hall–Kier alpha value is -1.11. The van der Waals surface area contributed by atoms with Gasteiger partial charge in [-0.2, -0.15) is 0 Å². The molecule has 1 atom stereocenters. The lowest BCUT2D eigenvalue weighted by Gasteiger charge is -2.34. The number of aldehydes is 1. The van der Waals surface area contributed by atoms with Gasteiger partial charge in [0.25, 0.3) is 0 Å². The van der Waals surface area contributed by atoms with Gasteiger partial charge in [-0.15, -0.1) is 0 Å². The van der Waals surface area contributed by atoms with E-state index in [4.69, 9.17) is 0 Å². The number of aryl methyl sites for hydroxylation is 1. The van der Waals surface area contributed by atoms with Gasteiger partial charge in [0.2, 0.25) is 0 Å². The van der Waals surface area contributed by atoms with Crippen molar-refractivity contribution in [3.8, 4) is 0 Å². The summed E-state index contributed by atoms with van der Waals surface area (Å²) in [7, 11) is 0. The molecule has 0 saturated heterocycles. The van der Waals surface area contributed by atoms with Crippen molar-refractivity contribution in [2.75, 3.05) is 0 Å². The third-order valence-corrected chi connectivity index (χ3v) is 3.82. The molecule has 0 radical (unpaired) electrons. The van der Waals surface area contributed by atoms with Crippen LogP contribution in [0.5, 0.6) is 0 Å². The van der Waals surface area contributed by atoms with Crippen LogP contribution in [0.2, 0.25) is 0 Å². The van der Waals surface area contributed by atoms with Crippen molar-refractivity contribution >= 4 is 6.29 Å². The van der Waals surface area contributed by atoms with E-state index in [9.17, 15) is 4.79 Å². The van der Waals surface area contributed by atoms with Gasteiger partial charge in [0.1, 0.15) is 6.29 Å². The largest absolute Gasteiger partial charge is 0.302 e. The fraction of sp³-hybridized carbons (Fsp3) is 0.533. The van der Waals surface area contributed by atoms with Crippen molar-refractivity contribution in [1.82, 2.24) is 0 Å². The Labute approximate surface area is 97.9 Å². The molecule has 1 aromatic rings. The minimum Gasteiger partial charge on any atom is -0.302 e. The summed E-state index contributed by atoms with van der Waals surface area (Å²) in [6.45, 7) is 2.19. The molecule has 0 aromatic heterocycles. The maximum atomic E-state index is 11.6. The number of carbonyl (C=O) groups is 1. The molecule has 1 aliphatic carbocycles. The highest BCUT2D eigenvalue weighted by Crippen LogP contribution is 2.39. The summed E-state index contributed by atoms with van der Waals surface area (Å²) in [6, 6.07) is 8.48. The van der Waals surface area contributed by atoms with E-state index in [1.165, 1.54) is 17.4 Å². The number of carbonyl (C=O) groups excluding carboxylic acids is 1. The Kier molecular flexibility index (Phi) is 3.42. The first kappa shape index (κ1) is 11.4. The summed E-state index contributed by atoms with van der Waals surface area (Å²) in [5.74, 6) is 0. The summed E-state index contributed by atoms with van der Waals surface area (Å²) in [6.07, 6.45) is 7.86. The van der Waals surface area contributed by atoms with E-state index >= 15 is 0 Å². The normalized spacial score (nSPS) is 23.8. The van der Waals surface area contributed by atoms with Crippen molar-refractivity contribution in [2.24, 2.45) is 0 Å². The zero-order chi connectivity index (χ0) is 11.4. The van der Waals surface area contributed by atoms with Gasteiger partial charge in [-0.1, -0.05) is 44.0 Å². The molecule has 86 valence electrons. The van der Waals surface area contributed by atoms with Gasteiger partial charge in [0.15, 0.2) is 0 Å². The monoisotopic (exact) mass is 216 g/mol. The van der Waals surface area contributed by atoms with Gasteiger partial charge in [-0.3, -0.25) is 0 Å². The van der Waals surface area contributed by atoms with E-state index in [1.54, 1.807) is 0 Å². The molecule has 0 amide bonds. The molecule has 0 N–H and O–H groups in total. The average Bonchev–Trinajstić information content (AvgIpc) is 2.36. The lowest BCUT2D eigenvalue weighted by Crippen LogP contribution is -2.32. The summed E-state index contributed by atoms with van der Waals surface area (Å²) in [5.41, 5.74) is 2.51. The van der Waals surface area contributed by atoms with Crippen molar-refractivity contribution in [1.29, 1.82) is 0 Å². The van der Waals surface area contributed by atoms with Gasteiger partial charge in [0.05, 0.1) is 5.41 Å². The number of unbranched alkanes of at least 4 members (excludes halogenated alkanes) is 1. The molecule has 1 aromatic carbocycles. The summed E-state index contributed by atoms with van der Waals surface area (Å²) in [4.78, 5) is 11.6. The Morgan fingerprint density at radius 3 is 2.94 bits per heavy atom. The lowest BCUT2D eigenvalue weighted by molar-refractivity contribution is -0.113. The van der Waals surface area contributed by atoms with Crippen LogP contribution in [0.3, 0.4) is 0 Å². The molecule has 2 rings (SSSR count). The van der Waals surface area contributed by atoms with Gasteiger partial charge in [-0.05, 0) is 36.8 Å². The highest BCUT2D eigenvalue weighted by molar-refractivity contribution is 5.70. The highest BCUT2D eigenvalue weighted by Gasteiger charge is 2.35. The molecule has 1 aliphatic rings. The van der Waals surface area contributed by atoms with Crippen LogP contribution in [0.1, 0.15) is 50.2 Å². The van der Waals surface area contributed by atoms with E-state index < -0.39 is 0 Å². The van der Waals surface area contributed by atoms with E-state index in [-0.39, 0.29) is 5.41 Å². The van der Waals surface area contributed by atoms with E-state index in [0.717, 1.165) is 38.5 Å². The number of fused-ring (bicyclic) bond motifs is 1. The standard InChI is InChI=1S/C15H20O/c1-2-3-10-15(12-16)11-6-8-13-7-4-5-9-14(13)15/h4-5,7,9,12H,2-3,6,8,10-11H2,1H3. The zero-order valence-electron chi connectivity index (χ0n) is 10.0. The first-order valence-electron chi connectivity index (χ1n) is 6.37. The number of hydrogen-bond acceptors (Lipinski definition) is 1. The van der Waals surface area contributed by atoms with Crippen LogP contribution in [0.15, 0.2) is 24.3 Å². The first-order chi connectivity index (χ1) is 7.82. The van der Waals surface area contributed by atoms with E-state index in [0.29, 0.717) is 0 Å².